The Bertz CT molecular complexity index is 619. The molecule has 1 N–H and O–H groups in total. The second-order valence-corrected chi connectivity index (χ2v) is 7.89. The van der Waals surface area contributed by atoms with Crippen molar-refractivity contribution in [2.24, 2.45) is 10.9 Å². The molecular formula is C22H37N5O. The lowest BCUT2D eigenvalue weighted by Crippen LogP contribution is -2.53. The molecule has 0 unspecified atom stereocenters. The molecule has 1 aromatic rings. The highest BCUT2D eigenvalue weighted by molar-refractivity contribution is 5.80. The Labute approximate surface area is 170 Å². The molecule has 0 aromatic heterocycles. The summed E-state index contributed by atoms with van der Waals surface area (Å²) in [6.45, 7) is 11.0. The summed E-state index contributed by atoms with van der Waals surface area (Å²) in [6, 6.07) is 8.34. The first-order chi connectivity index (χ1) is 13.7. The van der Waals surface area contributed by atoms with Gasteiger partial charge in [0.25, 0.3) is 0 Å². The van der Waals surface area contributed by atoms with Gasteiger partial charge in [0.2, 0.25) is 0 Å². The topological polar surface area (TPSA) is 43.3 Å². The minimum atomic E-state index is 0.767. The van der Waals surface area contributed by atoms with Crippen LogP contribution in [0.5, 0.6) is 5.75 Å². The van der Waals surface area contributed by atoms with E-state index in [9.17, 15) is 0 Å². The fraction of sp³-hybridized carbons (Fsp3) is 0.682. The van der Waals surface area contributed by atoms with Crippen molar-refractivity contribution in [2.75, 3.05) is 71.4 Å². The molecule has 0 bridgehead atoms. The maximum absolute atomic E-state index is 5.36. The molecule has 2 aliphatic rings. The third-order valence-electron chi connectivity index (χ3n) is 6.01. The van der Waals surface area contributed by atoms with Crippen molar-refractivity contribution in [3.8, 4) is 5.75 Å². The number of guanidine groups is 1. The highest BCUT2D eigenvalue weighted by atomic mass is 16.5. The van der Waals surface area contributed by atoms with Gasteiger partial charge in [-0.15, -0.1) is 0 Å². The van der Waals surface area contributed by atoms with Gasteiger partial charge in [-0.25, -0.2) is 0 Å². The van der Waals surface area contributed by atoms with E-state index in [0.717, 1.165) is 50.4 Å². The average Bonchev–Trinajstić information content (AvgIpc) is 2.76. The molecule has 3 rings (SSSR count). The molecule has 0 saturated carbocycles. The zero-order chi connectivity index (χ0) is 19.8. The van der Waals surface area contributed by atoms with Crippen molar-refractivity contribution < 1.29 is 4.74 Å². The predicted octanol–water partition coefficient (Wildman–Crippen LogP) is 2.51. The fourth-order valence-electron chi connectivity index (χ4n) is 4.28. The first-order valence-electron chi connectivity index (χ1n) is 10.8. The molecule has 2 saturated heterocycles. The van der Waals surface area contributed by atoms with E-state index in [-0.39, 0.29) is 0 Å². The van der Waals surface area contributed by atoms with Crippen LogP contribution in [0, 0.1) is 5.92 Å². The quantitative estimate of drug-likeness (QED) is 0.600. The Balaban J connectivity index is 1.44. The number of hydrogen-bond acceptors (Lipinski definition) is 4. The van der Waals surface area contributed by atoms with Gasteiger partial charge < -0.3 is 24.8 Å². The van der Waals surface area contributed by atoms with E-state index in [2.05, 4.69) is 50.1 Å². The number of ether oxygens (including phenoxy) is 1. The zero-order valence-corrected chi connectivity index (χ0v) is 17.9. The molecule has 2 heterocycles. The summed E-state index contributed by atoms with van der Waals surface area (Å²) in [5.41, 5.74) is 1.24. The standard InChI is InChI=1S/C22H37N5O/c1-4-10-25-11-8-19(9-12-25)18-24-22(23-2)27-15-13-26(14-16-27)20-6-5-7-21(17-20)28-3/h5-7,17,19H,4,8-16,18H2,1-3H3,(H,23,24). The van der Waals surface area contributed by atoms with Crippen LogP contribution in [0.3, 0.4) is 0 Å². The van der Waals surface area contributed by atoms with Gasteiger partial charge in [-0.2, -0.15) is 0 Å². The van der Waals surface area contributed by atoms with E-state index in [1.54, 1.807) is 7.11 Å². The number of hydrogen-bond donors (Lipinski definition) is 1. The van der Waals surface area contributed by atoms with Crippen LogP contribution in [0.15, 0.2) is 29.3 Å². The monoisotopic (exact) mass is 387 g/mol. The lowest BCUT2D eigenvalue weighted by atomic mass is 9.97. The summed E-state index contributed by atoms with van der Waals surface area (Å²) < 4.78 is 5.36. The lowest BCUT2D eigenvalue weighted by molar-refractivity contribution is 0.184. The second kappa shape index (κ2) is 10.6. The van der Waals surface area contributed by atoms with E-state index < -0.39 is 0 Å². The number of methoxy groups -OCH3 is 1. The van der Waals surface area contributed by atoms with E-state index in [4.69, 9.17) is 4.74 Å². The number of anilines is 1. The Morgan fingerprint density at radius 1 is 1.14 bits per heavy atom. The van der Waals surface area contributed by atoms with Gasteiger partial charge in [-0.3, -0.25) is 4.99 Å². The van der Waals surface area contributed by atoms with Gasteiger partial charge in [0.15, 0.2) is 5.96 Å². The molecule has 1 aromatic carbocycles. The Morgan fingerprint density at radius 2 is 1.89 bits per heavy atom. The third-order valence-corrected chi connectivity index (χ3v) is 6.01. The van der Waals surface area contributed by atoms with Crippen LogP contribution in [-0.4, -0.2) is 82.3 Å². The fourth-order valence-corrected chi connectivity index (χ4v) is 4.28. The number of likely N-dealkylation sites (tertiary alicyclic amines) is 1. The SMILES string of the molecule is CCCN1CCC(CNC(=NC)N2CCN(c3cccc(OC)c3)CC2)CC1. The number of benzene rings is 1. The second-order valence-electron chi connectivity index (χ2n) is 7.89. The summed E-state index contributed by atoms with van der Waals surface area (Å²) in [5.74, 6) is 2.74. The molecule has 0 aliphatic carbocycles. The van der Waals surface area contributed by atoms with Gasteiger partial charge in [0, 0.05) is 51.5 Å². The molecule has 2 fully saturated rings. The molecule has 28 heavy (non-hydrogen) atoms. The molecule has 0 atom stereocenters. The van der Waals surface area contributed by atoms with Crippen molar-refractivity contribution in [1.29, 1.82) is 0 Å². The average molecular weight is 388 g/mol. The Kier molecular flexibility index (Phi) is 7.83. The number of piperidine rings is 1. The van der Waals surface area contributed by atoms with Crippen molar-refractivity contribution in [3.05, 3.63) is 24.3 Å². The van der Waals surface area contributed by atoms with Crippen molar-refractivity contribution in [2.45, 2.75) is 26.2 Å². The summed E-state index contributed by atoms with van der Waals surface area (Å²) in [7, 11) is 3.63. The smallest absolute Gasteiger partial charge is 0.193 e. The molecule has 2 aliphatic heterocycles. The minimum Gasteiger partial charge on any atom is -0.497 e. The number of rotatable bonds is 6. The first kappa shape index (κ1) is 20.8. The van der Waals surface area contributed by atoms with E-state index in [0.29, 0.717) is 0 Å². The summed E-state index contributed by atoms with van der Waals surface area (Å²) in [5, 5.41) is 3.65. The first-order valence-corrected chi connectivity index (χ1v) is 10.8. The highest BCUT2D eigenvalue weighted by Crippen LogP contribution is 2.22. The summed E-state index contributed by atoms with van der Waals surface area (Å²) in [6.07, 6.45) is 3.86. The van der Waals surface area contributed by atoms with Crippen LogP contribution in [0.4, 0.5) is 5.69 Å². The largest absolute Gasteiger partial charge is 0.497 e. The van der Waals surface area contributed by atoms with Crippen LogP contribution in [0.25, 0.3) is 0 Å². The Hall–Kier alpha value is -1.95. The van der Waals surface area contributed by atoms with E-state index in [1.165, 1.54) is 44.6 Å². The third kappa shape index (κ3) is 5.53. The van der Waals surface area contributed by atoms with Crippen molar-refractivity contribution >= 4 is 11.6 Å². The van der Waals surface area contributed by atoms with Gasteiger partial charge >= 0.3 is 0 Å². The molecule has 6 heteroatoms. The van der Waals surface area contributed by atoms with Crippen molar-refractivity contribution in [1.82, 2.24) is 15.1 Å². The van der Waals surface area contributed by atoms with E-state index in [1.807, 2.05) is 13.1 Å². The number of piperazine rings is 1. The normalized spacial score (nSPS) is 19.8. The summed E-state index contributed by atoms with van der Waals surface area (Å²) >= 11 is 0. The zero-order valence-electron chi connectivity index (χ0n) is 17.9. The number of nitrogens with zero attached hydrogens (tertiary/aromatic N) is 4. The maximum atomic E-state index is 5.36. The number of nitrogens with one attached hydrogen (secondary N) is 1. The van der Waals surface area contributed by atoms with Gasteiger partial charge in [0.1, 0.15) is 5.75 Å². The molecule has 0 spiro atoms. The number of aliphatic imine (C=N–C) groups is 1. The minimum absolute atomic E-state index is 0.767. The van der Waals surface area contributed by atoms with Crippen LogP contribution < -0.4 is 15.0 Å². The predicted molar refractivity (Wildman–Crippen MR) is 118 cm³/mol. The highest BCUT2D eigenvalue weighted by Gasteiger charge is 2.22. The molecule has 156 valence electrons. The van der Waals surface area contributed by atoms with Crippen LogP contribution in [0.1, 0.15) is 26.2 Å². The molecule has 0 radical (unpaired) electrons. The maximum Gasteiger partial charge on any atom is 0.193 e. The van der Waals surface area contributed by atoms with Crippen molar-refractivity contribution in [3.63, 3.8) is 0 Å². The lowest BCUT2D eigenvalue weighted by Gasteiger charge is -2.38. The van der Waals surface area contributed by atoms with E-state index >= 15 is 0 Å². The van der Waals surface area contributed by atoms with Gasteiger partial charge in [-0.1, -0.05) is 13.0 Å². The van der Waals surface area contributed by atoms with Gasteiger partial charge in [-0.05, 0) is 56.9 Å². The molecular weight excluding hydrogens is 350 g/mol. The van der Waals surface area contributed by atoms with Crippen LogP contribution in [0.2, 0.25) is 0 Å². The molecule has 6 nitrogen and oxygen atoms in total. The van der Waals surface area contributed by atoms with Gasteiger partial charge in [0.05, 0.1) is 7.11 Å². The molecule has 0 amide bonds. The Morgan fingerprint density at radius 3 is 2.54 bits per heavy atom. The van der Waals surface area contributed by atoms with Crippen LogP contribution >= 0.6 is 0 Å². The van der Waals surface area contributed by atoms with Crippen LogP contribution in [-0.2, 0) is 0 Å². The summed E-state index contributed by atoms with van der Waals surface area (Å²) in [4.78, 5) is 12.0.